The van der Waals surface area contributed by atoms with Crippen LogP contribution in [0, 0.1) is 0 Å². The highest BCUT2D eigenvalue weighted by atomic mass is 19.4. The lowest BCUT2D eigenvalue weighted by molar-refractivity contribution is -0.274. The summed E-state index contributed by atoms with van der Waals surface area (Å²) in [7, 11) is 0. The maximum atomic E-state index is 12.0. The molecular formula is C11H8F3O4-. The summed E-state index contributed by atoms with van der Waals surface area (Å²) in [4.78, 5) is 10.7. The molecule has 0 unspecified atom stereocenters. The van der Waals surface area contributed by atoms with Crippen LogP contribution >= 0.6 is 0 Å². The molecule has 1 aromatic rings. The predicted octanol–water partition coefficient (Wildman–Crippen LogP) is 1.51. The van der Waals surface area contributed by atoms with Crippen molar-refractivity contribution in [1.82, 2.24) is 0 Å². The molecule has 7 heteroatoms. The second-order valence-electron chi connectivity index (χ2n) is 3.09. The summed E-state index contributed by atoms with van der Waals surface area (Å²) in [5, 5.41) is 10.7. The van der Waals surface area contributed by atoms with Gasteiger partial charge in [0, 0.05) is 11.6 Å². The van der Waals surface area contributed by atoms with Gasteiger partial charge >= 0.3 is 6.36 Å². The number of alkyl halides is 3. The number of carboxylic acid groups (broad SMARTS) is 1. The van der Waals surface area contributed by atoms with Crippen LogP contribution in [-0.2, 0) is 0 Å². The first kappa shape index (κ1) is 13.9. The van der Waals surface area contributed by atoms with Crippen molar-refractivity contribution in [3.63, 3.8) is 0 Å². The lowest BCUT2D eigenvalue weighted by Gasteiger charge is -2.14. The summed E-state index contributed by atoms with van der Waals surface area (Å²) in [6.07, 6.45) is -3.55. The number of aromatic carboxylic acids is 1. The minimum atomic E-state index is -4.86. The van der Waals surface area contributed by atoms with Crippen molar-refractivity contribution in [3.05, 3.63) is 36.4 Å². The van der Waals surface area contributed by atoms with Crippen LogP contribution in [0.2, 0.25) is 0 Å². The number of carbonyl (C=O) groups is 1. The molecule has 0 aliphatic rings. The van der Waals surface area contributed by atoms with Crippen LogP contribution in [0.4, 0.5) is 13.2 Å². The Balaban J connectivity index is 3.04. The molecule has 0 aromatic heterocycles. The maximum Gasteiger partial charge on any atom is 0.573 e. The van der Waals surface area contributed by atoms with E-state index < -0.39 is 18.1 Å². The Hall–Kier alpha value is -2.18. The van der Waals surface area contributed by atoms with Crippen molar-refractivity contribution in [2.45, 2.75) is 6.36 Å². The van der Waals surface area contributed by atoms with Crippen LogP contribution in [0.25, 0.3) is 0 Å². The van der Waals surface area contributed by atoms with Crippen molar-refractivity contribution in [1.29, 1.82) is 0 Å². The fourth-order valence-corrected chi connectivity index (χ4v) is 1.14. The van der Waals surface area contributed by atoms with Gasteiger partial charge in [0.05, 0.1) is 5.97 Å². The highest BCUT2D eigenvalue weighted by molar-refractivity contribution is 5.89. The molecule has 0 N–H and O–H groups in total. The van der Waals surface area contributed by atoms with Gasteiger partial charge in [0.1, 0.15) is 18.1 Å². The molecule has 0 spiro atoms. The van der Waals surface area contributed by atoms with Gasteiger partial charge in [-0.15, -0.1) is 13.2 Å². The highest BCUT2D eigenvalue weighted by Gasteiger charge is 2.31. The first-order chi connectivity index (χ1) is 8.33. The fraction of sp³-hybridized carbons (Fsp3) is 0.182. The normalized spacial score (nSPS) is 10.8. The van der Waals surface area contributed by atoms with Crippen molar-refractivity contribution >= 4 is 5.97 Å². The number of rotatable bonds is 5. The van der Waals surface area contributed by atoms with Crippen LogP contribution in [0.1, 0.15) is 10.4 Å². The topological polar surface area (TPSA) is 58.6 Å². The number of ether oxygens (including phenoxy) is 2. The Kier molecular flexibility index (Phi) is 4.19. The van der Waals surface area contributed by atoms with Gasteiger partial charge in [0.25, 0.3) is 0 Å². The fourth-order valence-electron chi connectivity index (χ4n) is 1.14. The predicted molar refractivity (Wildman–Crippen MR) is 53.1 cm³/mol. The average Bonchev–Trinajstić information content (AvgIpc) is 2.23. The van der Waals surface area contributed by atoms with Crippen molar-refractivity contribution in [2.75, 3.05) is 6.61 Å². The zero-order chi connectivity index (χ0) is 13.8. The molecule has 0 radical (unpaired) electrons. The van der Waals surface area contributed by atoms with Crippen molar-refractivity contribution in [3.8, 4) is 11.5 Å². The van der Waals surface area contributed by atoms with E-state index in [9.17, 15) is 23.1 Å². The molecule has 1 aromatic carbocycles. The number of hydrogen-bond donors (Lipinski definition) is 0. The van der Waals surface area contributed by atoms with Gasteiger partial charge < -0.3 is 19.4 Å². The molecule has 0 bridgehead atoms. The smallest absolute Gasteiger partial charge is 0.545 e. The summed E-state index contributed by atoms with van der Waals surface area (Å²) in [6.45, 7) is 3.27. The summed E-state index contributed by atoms with van der Waals surface area (Å²) in [5.41, 5.74) is -0.369. The molecule has 18 heavy (non-hydrogen) atoms. The molecule has 0 atom stereocenters. The monoisotopic (exact) mass is 261 g/mol. The third-order valence-electron chi connectivity index (χ3n) is 1.76. The van der Waals surface area contributed by atoms with Gasteiger partial charge in [-0.2, -0.15) is 0 Å². The summed E-state index contributed by atoms with van der Waals surface area (Å²) in [5.74, 6) is -2.42. The maximum absolute atomic E-state index is 12.0. The number of hydrogen-bond acceptors (Lipinski definition) is 4. The number of benzene rings is 1. The Labute approximate surface area is 100 Å². The van der Waals surface area contributed by atoms with Crippen LogP contribution in [0.5, 0.6) is 11.5 Å². The molecule has 0 saturated heterocycles. The van der Waals surface area contributed by atoms with Gasteiger partial charge in [-0.25, -0.2) is 0 Å². The Morgan fingerprint density at radius 1 is 1.44 bits per heavy atom. The van der Waals surface area contributed by atoms with E-state index in [-0.39, 0.29) is 17.9 Å². The molecule has 4 nitrogen and oxygen atoms in total. The number of carbonyl (C=O) groups excluding carboxylic acids is 1. The molecule has 0 aliphatic heterocycles. The largest absolute Gasteiger partial charge is 0.573 e. The van der Waals surface area contributed by atoms with E-state index in [0.29, 0.717) is 0 Å². The van der Waals surface area contributed by atoms with Gasteiger partial charge in [0.15, 0.2) is 0 Å². The molecule has 0 fully saturated rings. The number of halogens is 3. The van der Waals surface area contributed by atoms with E-state index in [1.54, 1.807) is 0 Å². The summed E-state index contributed by atoms with van der Waals surface area (Å²) >= 11 is 0. The second-order valence-corrected chi connectivity index (χ2v) is 3.09. The third-order valence-corrected chi connectivity index (χ3v) is 1.76. The second kappa shape index (κ2) is 5.44. The molecular weight excluding hydrogens is 253 g/mol. The van der Waals surface area contributed by atoms with Gasteiger partial charge in [-0.1, -0.05) is 12.7 Å². The van der Waals surface area contributed by atoms with E-state index in [1.807, 2.05) is 0 Å². The first-order valence-corrected chi connectivity index (χ1v) is 4.68. The van der Waals surface area contributed by atoms with Crippen LogP contribution in [0.15, 0.2) is 30.9 Å². The van der Waals surface area contributed by atoms with Crippen molar-refractivity contribution in [2.24, 2.45) is 0 Å². The van der Waals surface area contributed by atoms with Gasteiger partial charge in [-0.3, -0.25) is 0 Å². The lowest BCUT2D eigenvalue weighted by Crippen LogP contribution is -2.23. The van der Waals surface area contributed by atoms with Crippen LogP contribution < -0.4 is 14.6 Å². The van der Waals surface area contributed by atoms with E-state index in [2.05, 4.69) is 11.3 Å². The molecule has 0 saturated carbocycles. The summed E-state index contributed by atoms with van der Waals surface area (Å²) in [6, 6.07) is 2.59. The van der Waals surface area contributed by atoms with Crippen LogP contribution in [0.3, 0.4) is 0 Å². The van der Waals surface area contributed by atoms with Gasteiger partial charge in [-0.05, 0) is 12.1 Å². The molecule has 0 aliphatic carbocycles. The molecule has 0 amide bonds. The lowest BCUT2D eigenvalue weighted by atomic mass is 10.2. The molecule has 1 rings (SSSR count). The minimum Gasteiger partial charge on any atom is -0.545 e. The van der Waals surface area contributed by atoms with Crippen LogP contribution in [-0.4, -0.2) is 18.9 Å². The SMILES string of the molecule is C=CCOc1cc(OC(F)(F)F)ccc1C(=O)[O-]. The highest BCUT2D eigenvalue weighted by Crippen LogP contribution is 2.28. The standard InChI is InChI=1S/C11H9F3O4/c1-2-5-17-9-6-7(18-11(12,13)14)3-4-8(9)10(15)16/h2-4,6H,1,5H2,(H,15,16)/p-1. The van der Waals surface area contributed by atoms with Crippen molar-refractivity contribution < 1.29 is 32.5 Å². The Bertz CT molecular complexity index is 454. The molecule has 98 valence electrons. The number of carboxylic acids is 1. The van der Waals surface area contributed by atoms with E-state index in [4.69, 9.17) is 4.74 Å². The third kappa shape index (κ3) is 4.00. The zero-order valence-electron chi connectivity index (χ0n) is 8.99. The van der Waals surface area contributed by atoms with Gasteiger partial charge in [0.2, 0.25) is 0 Å². The van der Waals surface area contributed by atoms with E-state index in [1.165, 1.54) is 6.08 Å². The first-order valence-electron chi connectivity index (χ1n) is 4.68. The van der Waals surface area contributed by atoms with E-state index >= 15 is 0 Å². The quantitative estimate of drug-likeness (QED) is 0.754. The molecule has 0 heterocycles. The summed E-state index contributed by atoms with van der Waals surface area (Å²) < 4.78 is 44.5. The zero-order valence-corrected chi connectivity index (χ0v) is 8.99. The minimum absolute atomic E-state index is 0.0598. The Morgan fingerprint density at radius 2 is 2.11 bits per heavy atom. The average molecular weight is 261 g/mol. The van der Waals surface area contributed by atoms with E-state index in [0.717, 1.165) is 18.2 Å². The Morgan fingerprint density at radius 3 is 2.61 bits per heavy atom.